The molecule has 0 bridgehead atoms. The van der Waals surface area contributed by atoms with Crippen molar-refractivity contribution in [2.24, 2.45) is 17.0 Å². The summed E-state index contributed by atoms with van der Waals surface area (Å²) in [6, 6.07) is 7.95. The second-order valence-electron chi connectivity index (χ2n) is 4.93. The summed E-state index contributed by atoms with van der Waals surface area (Å²) < 4.78 is 1.66. The average molecular weight is 340 g/mol. The molecule has 0 saturated heterocycles. The third-order valence-electron chi connectivity index (χ3n) is 3.48. The molecule has 1 N–H and O–H groups in total. The Hall–Kier alpha value is -2.51. The molecule has 0 saturated carbocycles. The van der Waals surface area contributed by atoms with Crippen LogP contribution in [-0.4, -0.2) is 20.9 Å². The number of para-hydroxylation sites is 1. The van der Waals surface area contributed by atoms with Crippen molar-refractivity contribution < 1.29 is 5.11 Å². The highest BCUT2D eigenvalue weighted by Crippen LogP contribution is 2.34. The lowest BCUT2D eigenvalue weighted by Crippen LogP contribution is -2.08. The number of hydrogen-bond acceptors (Lipinski definition) is 6. The van der Waals surface area contributed by atoms with Crippen molar-refractivity contribution in [3.05, 3.63) is 51.1 Å². The largest absolute Gasteiger partial charge is 0.493 e. The van der Waals surface area contributed by atoms with Gasteiger partial charge in [-0.05, 0) is 12.1 Å². The van der Waals surface area contributed by atoms with E-state index in [2.05, 4.69) is 15.0 Å². The minimum Gasteiger partial charge on any atom is -0.493 e. The molecule has 5 nitrogen and oxygen atoms in total. The van der Waals surface area contributed by atoms with Gasteiger partial charge in [0.1, 0.15) is 0 Å². The van der Waals surface area contributed by atoms with Crippen molar-refractivity contribution in [2.75, 3.05) is 0 Å². The fourth-order valence-corrected chi connectivity index (χ4v) is 3.84. The highest BCUT2D eigenvalue weighted by molar-refractivity contribution is 7.13. The summed E-state index contributed by atoms with van der Waals surface area (Å²) in [6.45, 7) is 0. The summed E-state index contributed by atoms with van der Waals surface area (Å²) in [5.74, 6) is 0.190. The SMILES string of the molecule is Cn1c(O)c(/C=C2\C=Nc3ccccc32)s/c1=N\c1nccs1. The molecule has 0 fully saturated rings. The van der Waals surface area contributed by atoms with Crippen molar-refractivity contribution in [1.29, 1.82) is 0 Å². The Morgan fingerprint density at radius 1 is 1.30 bits per heavy atom. The molecule has 0 atom stereocenters. The van der Waals surface area contributed by atoms with E-state index in [9.17, 15) is 5.11 Å². The minimum absolute atomic E-state index is 0.190. The summed E-state index contributed by atoms with van der Waals surface area (Å²) >= 11 is 2.88. The maximum atomic E-state index is 10.4. The number of aromatic nitrogens is 2. The predicted molar refractivity (Wildman–Crippen MR) is 94.8 cm³/mol. The summed E-state index contributed by atoms with van der Waals surface area (Å²) in [7, 11) is 1.79. The van der Waals surface area contributed by atoms with E-state index in [1.54, 1.807) is 17.8 Å². The van der Waals surface area contributed by atoms with Crippen molar-refractivity contribution in [2.45, 2.75) is 0 Å². The molecule has 7 heteroatoms. The number of rotatable bonds is 2. The van der Waals surface area contributed by atoms with E-state index in [-0.39, 0.29) is 5.88 Å². The van der Waals surface area contributed by atoms with Crippen LogP contribution >= 0.6 is 22.7 Å². The first-order valence-corrected chi connectivity index (χ1v) is 8.60. The maximum Gasteiger partial charge on any atom is 0.211 e. The van der Waals surface area contributed by atoms with Gasteiger partial charge in [0.25, 0.3) is 0 Å². The van der Waals surface area contributed by atoms with Gasteiger partial charge in [0.2, 0.25) is 11.0 Å². The molecule has 0 amide bonds. The van der Waals surface area contributed by atoms with Gasteiger partial charge in [0.15, 0.2) is 4.80 Å². The van der Waals surface area contributed by atoms with Crippen molar-refractivity contribution in [3.8, 4) is 5.88 Å². The molecule has 4 rings (SSSR count). The number of allylic oxidation sites excluding steroid dienone is 1. The molecular formula is C16H12N4OS2. The third kappa shape index (κ3) is 2.54. The van der Waals surface area contributed by atoms with Crippen LogP contribution in [0.1, 0.15) is 10.4 Å². The Labute approximate surface area is 140 Å². The second kappa shape index (κ2) is 5.60. The molecule has 1 aliphatic rings. The van der Waals surface area contributed by atoms with E-state index in [0.717, 1.165) is 21.7 Å². The zero-order valence-corrected chi connectivity index (χ0v) is 13.8. The first-order valence-electron chi connectivity index (χ1n) is 6.90. The Balaban J connectivity index is 1.80. The molecule has 1 aliphatic heterocycles. The van der Waals surface area contributed by atoms with Gasteiger partial charge < -0.3 is 5.11 Å². The average Bonchev–Trinajstić information content (AvgIpc) is 3.27. The number of nitrogens with zero attached hydrogens (tertiary/aromatic N) is 4. The number of fused-ring (bicyclic) bond motifs is 1. The Kier molecular flexibility index (Phi) is 3.44. The topological polar surface area (TPSA) is 62.8 Å². The minimum atomic E-state index is 0.190. The normalized spacial score (nSPS) is 15.5. The van der Waals surface area contributed by atoms with Crippen molar-refractivity contribution in [3.63, 3.8) is 0 Å². The molecule has 0 radical (unpaired) electrons. The zero-order valence-electron chi connectivity index (χ0n) is 12.2. The van der Waals surface area contributed by atoms with Gasteiger partial charge in [-0.3, -0.25) is 9.56 Å². The Morgan fingerprint density at radius 2 is 2.17 bits per heavy atom. The standard InChI is InChI=1S/C16H12N4OS2/c1-20-14(21)13(23-16(20)19-15-17-6-7-22-15)8-10-9-18-12-5-3-2-4-11(10)12/h2-9,21H,1H3/b10-8+,19-16-. The van der Waals surface area contributed by atoms with E-state index in [4.69, 9.17) is 0 Å². The van der Waals surface area contributed by atoms with Gasteiger partial charge in [-0.15, -0.1) is 11.3 Å². The fourth-order valence-electron chi connectivity index (χ4n) is 2.31. The van der Waals surface area contributed by atoms with Crippen LogP contribution in [0.4, 0.5) is 10.8 Å². The third-order valence-corrected chi connectivity index (χ3v) is 5.21. The van der Waals surface area contributed by atoms with Crippen LogP contribution < -0.4 is 4.80 Å². The fraction of sp³-hybridized carbons (Fsp3) is 0.0625. The highest BCUT2D eigenvalue weighted by atomic mass is 32.1. The molecule has 23 heavy (non-hydrogen) atoms. The number of benzene rings is 1. The number of thiazole rings is 2. The van der Waals surface area contributed by atoms with E-state index >= 15 is 0 Å². The number of hydrogen-bond donors (Lipinski definition) is 1. The van der Waals surface area contributed by atoms with E-state index < -0.39 is 0 Å². The summed E-state index contributed by atoms with van der Waals surface area (Å²) in [5.41, 5.74) is 3.01. The molecule has 114 valence electrons. The van der Waals surface area contributed by atoms with Gasteiger partial charge in [-0.25, -0.2) is 4.98 Å². The lowest BCUT2D eigenvalue weighted by atomic mass is 10.1. The first-order chi connectivity index (χ1) is 11.2. The van der Waals surface area contributed by atoms with E-state index in [1.165, 1.54) is 22.7 Å². The Bertz CT molecular complexity index is 994. The quantitative estimate of drug-likeness (QED) is 0.772. The van der Waals surface area contributed by atoms with Crippen molar-refractivity contribution in [1.82, 2.24) is 9.55 Å². The lowest BCUT2D eigenvalue weighted by molar-refractivity contribution is 0.427. The molecule has 0 aliphatic carbocycles. The molecule has 3 heterocycles. The van der Waals surface area contributed by atoms with E-state index in [1.807, 2.05) is 41.9 Å². The van der Waals surface area contributed by atoms with E-state index in [0.29, 0.717) is 9.93 Å². The van der Waals surface area contributed by atoms with Crippen LogP contribution in [0.5, 0.6) is 5.88 Å². The molecule has 0 spiro atoms. The van der Waals surface area contributed by atoms with Crippen LogP contribution in [0, 0.1) is 0 Å². The van der Waals surface area contributed by atoms with Crippen LogP contribution in [0.2, 0.25) is 0 Å². The smallest absolute Gasteiger partial charge is 0.211 e. The molecule has 1 aromatic carbocycles. The zero-order chi connectivity index (χ0) is 15.8. The summed E-state index contributed by atoms with van der Waals surface area (Å²) in [4.78, 5) is 14.5. The van der Waals surface area contributed by atoms with Crippen LogP contribution in [-0.2, 0) is 7.05 Å². The highest BCUT2D eigenvalue weighted by Gasteiger charge is 2.14. The lowest BCUT2D eigenvalue weighted by Gasteiger charge is -1.98. The van der Waals surface area contributed by atoms with Crippen LogP contribution in [0.15, 0.2) is 45.8 Å². The van der Waals surface area contributed by atoms with Gasteiger partial charge in [-0.2, -0.15) is 4.99 Å². The number of aromatic hydroxyl groups is 1. The predicted octanol–water partition coefficient (Wildman–Crippen LogP) is 3.74. The number of aliphatic imine (C=N–C) groups is 1. The van der Waals surface area contributed by atoms with Gasteiger partial charge in [0, 0.05) is 36.0 Å². The summed E-state index contributed by atoms with van der Waals surface area (Å²) in [6.07, 6.45) is 5.48. The maximum absolute atomic E-state index is 10.4. The van der Waals surface area contributed by atoms with Crippen LogP contribution in [0.25, 0.3) is 11.6 Å². The molecule has 2 aromatic heterocycles. The van der Waals surface area contributed by atoms with Crippen molar-refractivity contribution >= 4 is 51.4 Å². The Morgan fingerprint density at radius 3 is 3.00 bits per heavy atom. The second-order valence-corrected chi connectivity index (χ2v) is 6.82. The summed E-state index contributed by atoms with van der Waals surface area (Å²) in [5, 5.41) is 12.9. The molecule has 0 unspecified atom stereocenters. The van der Waals surface area contributed by atoms with Gasteiger partial charge in [-0.1, -0.05) is 29.5 Å². The monoisotopic (exact) mass is 340 g/mol. The van der Waals surface area contributed by atoms with Gasteiger partial charge >= 0.3 is 0 Å². The molecule has 3 aromatic rings. The van der Waals surface area contributed by atoms with Crippen LogP contribution in [0.3, 0.4) is 0 Å². The first kappa shape index (κ1) is 14.1. The molecular weight excluding hydrogens is 328 g/mol. The van der Waals surface area contributed by atoms with Gasteiger partial charge in [0.05, 0.1) is 10.6 Å².